The molecule has 1 aliphatic carbocycles. The Morgan fingerprint density at radius 1 is 1.47 bits per heavy atom. The van der Waals surface area contributed by atoms with E-state index in [9.17, 15) is 9.59 Å². The number of carbonyl (C=O) groups excluding carboxylic acids is 2. The van der Waals surface area contributed by atoms with Crippen molar-refractivity contribution in [1.82, 2.24) is 5.32 Å². The summed E-state index contributed by atoms with van der Waals surface area (Å²) in [7, 11) is 0. The van der Waals surface area contributed by atoms with E-state index < -0.39 is 5.54 Å². The number of fused-ring (bicyclic) bond motifs is 1. The molecule has 4 nitrogen and oxygen atoms in total. The van der Waals surface area contributed by atoms with Crippen molar-refractivity contribution in [2.75, 3.05) is 5.88 Å². The van der Waals surface area contributed by atoms with Crippen LogP contribution < -0.4 is 5.32 Å². The summed E-state index contributed by atoms with van der Waals surface area (Å²) >= 11 is 5.73. The molecular weight excluding hydrogens is 266 g/mol. The fourth-order valence-electron chi connectivity index (χ4n) is 3.49. The third kappa shape index (κ3) is 1.97. The van der Waals surface area contributed by atoms with E-state index in [2.05, 4.69) is 17.5 Å². The number of hydrogen-bond donors (Lipinski definition) is 1. The molecule has 0 aromatic rings. The molecule has 3 aliphatic rings. The Bertz CT molecular complexity index is 436. The summed E-state index contributed by atoms with van der Waals surface area (Å²) in [4.78, 5) is 23.9. The topological polar surface area (TPSA) is 55.4 Å². The second-order valence-corrected chi connectivity index (χ2v) is 6.07. The molecule has 1 amide bonds. The molecule has 0 unspecified atom stereocenters. The Kier molecular flexibility index (Phi) is 3.29. The van der Waals surface area contributed by atoms with Crippen molar-refractivity contribution >= 4 is 23.5 Å². The van der Waals surface area contributed by atoms with Gasteiger partial charge < -0.3 is 10.1 Å². The number of esters is 1. The van der Waals surface area contributed by atoms with Crippen molar-refractivity contribution in [3.63, 3.8) is 0 Å². The summed E-state index contributed by atoms with van der Waals surface area (Å²) < 4.78 is 5.24. The summed E-state index contributed by atoms with van der Waals surface area (Å²) in [6, 6.07) is 0. The average Bonchev–Trinajstić information content (AvgIpc) is 2.62. The minimum Gasteiger partial charge on any atom is -0.457 e. The fraction of sp³-hybridized carbons (Fsp3) is 0.714. The minimum absolute atomic E-state index is 0.0868. The monoisotopic (exact) mass is 283 g/mol. The number of hydrogen-bond acceptors (Lipinski definition) is 3. The molecule has 19 heavy (non-hydrogen) atoms. The van der Waals surface area contributed by atoms with Crippen LogP contribution in [0.15, 0.2) is 12.2 Å². The van der Waals surface area contributed by atoms with E-state index in [1.807, 2.05) is 0 Å². The van der Waals surface area contributed by atoms with E-state index in [0.717, 1.165) is 19.3 Å². The van der Waals surface area contributed by atoms with E-state index >= 15 is 0 Å². The lowest BCUT2D eigenvalue weighted by atomic mass is 9.75. The normalized spacial score (nSPS) is 40.4. The van der Waals surface area contributed by atoms with Gasteiger partial charge in [0.2, 0.25) is 5.91 Å². The Hall–Kier alpha value is -1.03. The Balaban J connectivity index is 1.77. The van der Waals surface area contributed by atoms with Gasteiger partial charge in [-0.15, -0.1) is 11.6 Å². The second kappa shape index (κ2) is 4.82. The lowest BCUT2D eigenvalue weighted by Gasteiger charge is -2.44. The minimum atomic E-state index is -0.778. The van der Waals surface area contributed by atoms with Crippen molar-refractivity contribution in [3.05, 3.63) is 12.2 Å². The number of carbonyl (C=O) groups is 2. The van der Waals surface area contributed by atoms with Crippen LogP contribution in [0.4, 0.5) is 0 Å². The SMILES string of the molecule is O=C1N[C@@]2(C[C@@H]3C=CCCC3)C(=O)O[C@H]2[C@H]1CCCl. The molecule has 0 aromatic carbocycles. The number of halogens is 1. The molecule has 2 saturated heterocycles. The lowest BCUT2D eigenvalue weighted by molar-refractivity contribution is -0.193. The predicted octanol–water partition coefficient (Wildman–Crippen LogP) is 1.77. The van der Waals surface area contributed by atoms with Crippen LogP contribution in [-0.4, -0.2) is 29.4 Å². The van der Waals surface area contributed by atoms with Gasteiger partial charge in [-0.1, -0.05) is 12.2 Å². The van der Waals surface area contributed by atoms with Crippen molar-refractivity contribution in [2.24, 2.45) is 11.8 Å². The quantitative estimate of drug-likeness (QED) is 0.486. The number of alkyl halides is 1. The van der Waals surface area contributed by atoms with Crippen LogP contribution in [0.5, 0.6) is 0 Å². The number of allylic oxidation sites excluding steroid dienone is 2. The Labute approximate surface area is 117 Å². The molecule has 1 N–H and O–H groups in total. The first kappa shape index (κ1) is 13.0. The molecule has 2 heterocycles. The summed E-state index contributed by atoms with van der Waals surface area (Å²) in [5.41, 5.74) is -0.778. The zero-order valence-corrected chi connectivity index (χ0v) is 11.5. The molecule has 0 radical (unpaired) electrons. The molecule has 5 heteroatoms. The second-order valence-electron chi connectivity index (χ2n) is 5.69. The molecule has 2 aliphatic heterocycles. The highest BCUT2D eigenvalue weighted by molar-refractivity contribution is 6.18. The van der Waals surface area contributed by atoms with Gasteiger partial charge in [-0.3, -0.25) is 4.79 Å². The first-order valence-corrected chi connectivity index (χ1v) is 7.46. The highest BCUT2D eigenvalue weighted by atomic mass is 35.5. The number of nitrogens with one attached hydrogen (secondary N) is 1. The van der Waals surface area contributed by atoms with Crippen LogP contribution in [0.2, 0.25) is 0 Å². The van der Waals surface area contributed by atoms with E-state index in [1.165, 1.54) is 0 Å². The van der Waals surface area contributed by atoms with Gasteiger partial charge in [-0.25, -0.2) is 4.79 Å². The van der Waals surface area contributed by atoms with E-state index in [1.54, 1.807) is 0 Å². The Morgan fingerprint density at radius 3 is 2.95 bits per heavy atom. The van der Waals surface area contributed by atoms with Crippen molar-refractivity contribution in [3.8, 4) is 0 Å². The first-order valence-electron chi connectivity index (χ1n) is 6.93. The third-order valence-electron chi connectivity index (χ3n) is 4.49. The maximum Gasteiger partial charge on any atom is 0.336 e. The van der Waals surface area contributed by atoms with Crippen molar-refractivity contribution < 1.29 is 14.3 Å². The van der Waals surface area contributed by atoms with Gasteiger partial charge in [-0.2, -0.15) is 0 Å². The molecular formula is C14H18ClNO3. The fourth-order valence-corrected chi connectivity index (χ4v) is 3.73. The summed E-state index contributed by atoms with van der Waals surface area (Å²) in [5.74, 6) is 0.131. The average molecular weight is 284 g/mol. The van der Waals surface area contributed by atoms with Gasteiger partial charge >= 0.3 is 5.97 Å². The molecule has 2 fully saturated rings. The number of amides is 1. The maximum atomic E-state index is 12.0. The van der Waals surface area contributed by atoms with Crippen LogP contribution in [0, 0.1) is 11.8 Å². The first-order chi connectivity index (χ1) is 9.17. The van der Waals surface area contributed by atoms with Crippen LogP contribution >= 0.6 is 11.6 Å². The highest BCUT2D eigenvalue weighted by Gasteiger charge is 2.67. The molecule has 0 aromatic heterocycles. The van der Waals surface area contributed by atoms with Crippen molar-refractivity contribution in [2.45, 2.75) is 43.7 Å². The van der Waals surface area contributed by atoms with Gasteiger partial charge in [0.1, 0.15) is 6.10 Å². The molecule has 3 rings (SSSR count). The zero-order chi connectivity index (χ0) is 13.5. The van der Waals surface area contributed by atoms with Crippen LogP contribution in [-0.2, 0) is 14.3 Å². The number of rotatable bonds is 4. The van der Waals surface area contributed by atoms with Crippen molar-refractivity contribution in [1.29, 1.82) is 0 Å². The van der Waals surface area contributed by atoms with Crippen LogP contribution in [0.25, 0.3) is 0 Å². The van der Waals surface area contributed by atoms with Gasteiger partial charge in [0.15, 0.2) is 5.54 Å². The van der Waals surface area contributed by atoms with E-state index in [0.29, 0.717) is 24.6 Å². The Morgan fingerprint density at radius 2 is 2.32 bits per heavy atom. The molecule has 0 saturated carbocycles. The predicted molar refractivity (Wildman–Crippen MR) is 70.7 cm³/mol. The largest absolute Gasteiger partial charge is 0.457 e. The summed E-state index contributed by atoms with van der Waals surface area (Å²) in [6.45, 7) is 0. The molecule has 0 bridgehead atoms. The molecule has 0 spiro atoms. The van der Waals surface area contributed by atoms with Gasteiger partial charge in [0, 0.05) is 5.88 Å². The van der Waals surface area contributed by atoms with Crippen LogP contribution in [0.3, 0.4) is 0 Å². The highest BCUT2D eigenvalue weighted by Crippen LogP contribution is 2.45. The number of ether oxygens (including phenoxy) is 1. The summed E-state index contributed by atoms with van der Waals surface area (Å²) in [6.07, 6.45) is 8.58. The van der Waals surface area contributed by atoms with Gasteiger partial charge in [-0.05, 0) is 38.0 Å². The summed E-state index contributed by atoms with van der Waals surface area (Å²) in [5, 5.41) is 2.89. The maximum absolute atomic E-state index is 12.0. The lowest BCUT2D eigenvalue weighted by Crippen LogP contribution is -2.67. The van der Waals surface area contributed by atoms with Crippen LogP contribution in [0.1, 0.15) is 32.1 Å². The standard InChI is InChI=1S/C14H18ClNO3/c15-7-6-10-11-14(13(18)19-11,16-12(10)17)8-9-4-2-1-3-5-9/h2,4,9-11H,1,3,5-8H2,(H,16,17)/t9-,10-,11+,14-/m1/s1. The van der Waals surface area contributed by atoms with E-state index in [4.69, 9.17) is 16.3 Å². The zero-order valence-electron chi connectivity index (χ0n) is 10.7. The van der Waals surface area contributed by atoms with Gasteiger partial charge in [0.05, 0.1) is 5.92 Å². The smallest absolute Gasteiger partial charge is 0.336 e. The molecule has 4 atom stereocenters. The van der Waals surface area contributed by atoms with Gasteiger partial charge in [0.25, 0.3) is 0 Å². The molecule has 104 valence electrons. The third-order valence-corrected chi connectivity index (χ3v) is 4.71. The van der Waals surface area contributed by atoms with E-state index in [-0.39, 0.29) is 23.9 Å².